The molecule has 27 heavy (non-hydrogen) atoms. The zero-order chi connectivity index (χ0) is 18.6. The molecule has 1 fully saturated rings. The standard InChI is InChI=1S/C22H23N3O2/c1-2-27-22(26)18-10-14-25(15-11-18)20-7-6-17-4-3-5-19(21(17)24-20)16-8-12-23-13-9-16/h3-9,12-13,18H,2,10-11,14-15H2,1H3. The quantitative estimate of drug-likeness (QED) is 0.656. The fourth-order valence-electron chi connectivity index (χ4n) is 3.68. The fourth-order valence-corrected chi connectivity index (χ4v) is 3.68. The van der Waals surface area contributed by atoms with Crippen LogP contribution in [0.5, 0.6) is 0 Å². The molecule has 4 rings (SSSR count). The molecule has 3 aromatic rings. The Hall–Kier alpha value is -2.95. The highest BCUT2D eigenvalue weighted by molar-refractivity contribution is 5.94. The molecule has 1 aromatic carbocycles. The van der Waals surface area contributed by atoms with Gasteiger partial charge in [-0.25, -0.2) is 4.98 Å². The van der Waals surface area contributed by atoms with Gasteiger partial charge in [-0.05, 0) is 49.6 Å². The Morgan fingerprint density at radius 2 is 1.89 bits per heavy atom. The maximum atomic E-state index is 12.0. The zero-order valence-electron chi connectivity index (χ0n) is 15.5. The van der Waals surface area contributed by atoms with Crippen LogP contribution in [0.4, 0.5) is 5.82 Å². The van der Waals surface area contributed by atoms with E-state index >= 15 is 0 Å². The zero-order valence-corrected chi connectivity index (χ0v) is 15.5. The van der Waals surface area contributed by atoms with Crippen LogP contribution >= 0.6 is 0 Å². The largest absolute Gasteiger partial charge is 0.466 e. The van der Waals surface area contributed by atoms with E-state index in [1.54, 1.807) is 12.4 Å². The SMILES string of the molecule is CCOC(=O)C1CCN(c2ccc3cccc(-c4ccncc4)c3n2)CC1. The predicted molar refractivity (Wildman–Crippen MR) is 107 cm³/mol. The van der Waals surface area contributed by atoms with Crippen LogP contribution in [0.25, 0.3) is 22.0 Å². The van der Waals surface area contributed by atoms with Gasteiger partial charge in [0.05, 0.1) is 18.0 Å². The highest BCUT2D eigenvalue weighted by Crippen LogP contribution is 2.30. The van der Waals surface area contributed by atoms with Crippen LogP contribution in [0.2, 0.25) is 0 Å². The molecule has 5 nitrogen and oxygen atoms in total. The minimum Gasteiger partial charge on any atom is -0.466 e. The summed E-state index contributed by atoms with van der Waals surface area (Å²) < 4.78 is 5.17. The second-order valence-corrected chi connectivity index (χ2v) is 6.80. The van der Waals surface area contributed by atoms with Gasteiger partial charge in [0, 0.05) is 36.4 Å². The predicted octanol–water partition coefficient (Wildman–Crippen LogP) is 4.08. The van der Waals surface area contributed by atoms with Crippen LogP contribution in [-0.4, -0.2) is 35.6 Å². The first kappa shape index (κ1) is 17.5. The molecule has 0 unspecified atom stereocenters. The second kappa shape index (κ2) is 7.74. The topological polar surface area (TPSA) is 55.3 Å². The van der Waals surface area contributed by atoms with Crippen molar-refractivity contribution in [1.82, 2.24) is 9.97 Å². The first-order chi connectivity index (χ1) is 13.3. The van der Waals surface area contributed by atoms with Crippen LogP contribution in [0, 0.1) is 5.92 Å². The molecule has 1 aliphatic heterocycles. The maximum absolute atomic E-state index is 12.0. The maximum Gasteiger partial charge on any atom is 0.309 e. The van der Waals surface area contributed by atoms with Gasteiger partial charge in [0.1, 0.15) is 5.82 Å². The van der Waals surface area contributed by atoms with Crippen LogP contribution in [0.3, 0.4) is 0 Å². The number of carbonyl (C=O) groups is 1. The van der Waals surface area contributed by atoms with E-state index in [4.69, 9.17) is 9.72 Å². The third-order valence-corrected chi connectivity index (χ3v) is 5.14. The van der Waals surface area contributed by atoms with E-state index < -0.39 is 0 Å². The third kappa shape index (κ3) is 3.63. The van der Waals surface area contributed by atoms with Gasteiger partial charge in [-0.3, -0.25) is 9.78 Å². The summed E-state index contributed by atoms with van der Waals surface area (Å²) in [5.41, 5.74) is 3.22. The van der Waals surface area contributed by atoms with Gasteiger partial charge in [-0.1, -0.05) is 18.2 Å². The lowest BCUT2D eigenvalue weighted by Crippen LogP contribution is -2.37. The average Bonchev–Trinajstić information content (AvgIpc) is 2.74. The molecular weight excluding hydrogens is 338 g/mol. The smallest absolute Gasteiger partial charge is 0.309 e. The van der Waals surface area contributed by atoms with Gasteiger partial charge in [0.15, 0.2) is 0 Å². The molecule has 0 radical (unpaired) electrons. The van der Waals surface area contributed by atoms with Crippen molar-refractivity contribution in [2.75, 3.05) is 24.6 Å². The van der Waals surface area contributed by atoms with Crippen LogP contribution in [0.15, 0.2) is 54.9 Å². The molecule has 3 heterocycles. The number of nitrogens with zero attached hydrogens (tertiary/aromatic N) is 3. The molecule has 5 heteroatoms. The lowest BCUT2D eigenvalue weighted by molar-refractivity contribution is -0.148. The Morgan fingerprint density at radius 3 is 2.63 bits per heavy atom. The Morgan fingerprint density at radius 1 is 1.11 bits per heavy atom. The number of esters is 1. The number of fused-ring (bicyclic) bond motifs is 1. The molecule has 0 saturated carbocycles. The average molecular weight is 361 g/mol. The molecule has 0 bridgehead atoms. The summed E-state index contributed by atoms with van der Waals surface area (Å²) in [4.78, 5) is 23.3. The van der Waals surface area contributed by atoms with Gasteiger partial charge in [-0.15, -0.1) is 0 Å². The number of hydrogen-bond acceptors (Lipinski definition) is 5. The van der Waals surface area contributed by atoms with Gasteiger partial charge >= 0.3 is 5.97 Å². The van der Waals surface area contributed by atoms with Crippen molar-refractivity contribution in [3.63, 3.8) is 0 Å². The molecule has 0 amide bonds. The first-order valence-electron chi connectivity index (χ1n) is 9.48. The molecule has 138 valence electrons. The lowest BCUT2D eigenvalue weighted by Gasteiger charge is -2.31. The third-order valence-electron chi connectivity index (χ3n) is 5.14. The van der Waals surface area contributed by atoms with Crippen LogP contribution < -0.4 is 4.90 Å². The minimum absolute atomic E-state index is 0.00837. The number of anilines is 1. The Balaban J connectivity index is 1.60. The summed E-state index contributed by atoms with van der Waals surface area (Å²) in [5, 5.41) is 1.12. The number of hydrogen-bond donors (Lipinski definition) is 0. The molecular formula is C22H23N3O2. The number of carbonyl (C=O) groups excluding carboxylic acids is 1. The number of para-hydroxylation sites is 1. The number of aromatic nitrogens is 2. The first-order valence-corrected chi connectivity index (χ1v) is 9.48. The van der Waals surface area contributed by atoms with Gasteiger partial charge in [0.2, 0.25) is 0 Å². The van der Waals surface area contributed by atoms with E-state index in [9.17, 15) is 4.79 Å². The number of benzene rings is 1. The second-order valence-electron chi connectivity index (χ2n) is 6.80. The summed E-state index contributed by atoms with van der Waals surface area (Å²) in [6, 6.07) is 14.5. The van der Waals surface area contributed by atoms with Gasteiger partial charge in [0.25, 0.3) is 0 Å². The summed E-state index contributed by atoms with van der Waals surface area (Å²) in [7, 11) is 0. The van der Waals surface area contributed by atoms with E-state index in [0.29, 0.717) is 6.61 Å². The summed E-state index contributed by atoms with van der Waals surface area (Å²) >= 11 is 0. The normalized spacial score (nSPS) is 15.1. The minimum atomic E-state index is -0.0661. The van der Waals surface area contributed by atoms with Crippen LogP contribution in [-0.2, 0) is 9.53 Å². The van der Waals surface area contributed by atoms with Crippen molar-refractivity contribution in [3.05, 3.63) is 54.9 Å². The molecule has 2 aromatic heterocycles. The molecule has 1 aliphatic rings. The van der Waals surface area contributed by atoms with E-state index in [0.717, 1.165) is 53.8 Å². The van der Waals surface area contributed by atoms with E-state index in [-0.39, 0.29) is 11.9 Å². The van der Waals surface area contributed by atoms with Crippen molar-refractivity contribution in [1.29, 1.82) is 0 Å². The highest BCUT2D eigenvalue weighted by Gasteiger charge is 2.26. The van der Waals surface area contributed by atoms with Crippen molar-refractivity contribution in [2.24, 2.45) is 5.92 Å². The summed E-state index contributed by atoms with van der Waals surface area (Å²) in [5.74, 6) is 0.906. The number of piperidine rings is 1. The van der Waals surface area contributed by atoms with Crippen molar-refractivity contribution in [2.45, 2.75) is 19.8 Å². The van der Waals surface area contributed by atoms with Crippen molar-refractivity contribution >= 4 is 22.7 Å². The van der Waals surface area contributed by atoms with E-state index in [1.807, 2.05) is 19.1 Å². The molecule has 1 saturated heterocycles. The van der Waals surface area contributed by atoms with Gasteiger partial charge < -0.3 is 9.64 Å². The molecule has 0 aliphatic carbocycles. The van der Waals surface area contributed by atoms with E-state index in [2.05, 4.69) is 40.2 Å². The molecule has 0 spiro atoms. The van der Waals surface area contributed by atoms with E-state index in [1.165, 1.54) is 0 Å². The highest BCUT2D eigenvalue weighted by atomic mass is 16.5. The Bertz CT molecular complexity index is 935. The van der Waals surface area contributed by atoms with Crippen molar-refractivity contribution in [3.8, 4) is 11.1 Å². The summed E-state index contributed by atoms with van der Waals surface area (Å²) in [6.07, 6.45) is 5.23. The van der Waals surface area contributed by atoms with Crippen LogP contribution in [0.1, 0.15) is 19.8 Å². The molecule has 0 N–H and O–H groups in total. The number of rotatable bonds is 4. The van der Waals surface area contributed by atoms with Crippen molar-refractivity contribution < 1.29 is 9.53 Å². The summed E-state index contributed by atoms with van der Waals surface area (Å²) in [6.45, 7) is 3.94. The number of pyridine rings is 2. The lowest BCUT2D eigenvalue weighted by atomic mass is 9.97. The number of ether oxygens (including phenoxy) is 1. The fraction of sp³-hybridized carbons (Fsp3) is 0.318. The Kier molecular flexibility index (Phi) is 5.01. The van der Waals surface area contributed by atoms with Gasteiger partial charge in [-0.2, -0.15) is 0 Å². The monoisotopic (exact) mass is 361 g/mol. The Labute approximate surface area is 159 Å². The molecule has 0 atom stereocenters.